The third-order valence-electron chi connectivity index (χ3n) is 3.82. The summed E-state index contributed by atoms with van der Waals surface area (Å²) in [5.41, 5.74) is 0.277. The summed E-state index contributed by atoms with van der Waals surface area (Å²) in [6.45, 7) is 3.39. The highest BCUT2D eigenvalue weighted by atomic mass is 16.5. The molecule has 2 rings (SSSR count). The van der Waals surface area contributed by atoms with Gasteiger partial charge in [0.05, 0.1) is 11.7 Å². The fourth-order valence-electron chi connectivity index (χ4n) is 3.21. The van der Waals surface area contributed by atoms with E-state index in [1.807, 2.05) is 7.05 Å². The van der Waals surface area contributed by atoms with Crippen molar-refractivity contribution >= 4 is 0 Å². The van der Waals surface area contributed by atoms with Gasteiger partial charge in [-0.2, -0.15) is 0 Å². The van der Waals surface area contributed by atoms with Crippen LogP contribution in [0.1, 0.15) is 45.4 Å². The van der Waals surface area contributed by atoms with Gasteiger partial charge in [-0.1, -0.05) is 19.8 Å². The molecule has 3 unspecified atom stereocenters. The summed E-state index contributed by atoms with van der Waals surface area (Å²) in [6, 6.07) is 0. The van der Waals surface area contributed by atoms with Crippen LogP contribution in [0.15, 0.2) is 0 Å². The van der Waals surface area contributed by atoms with Crippen LogP contribution < -0.4 is 5.32 Å². The maximum atomic E-state index is 6.24. The molecule has 0 aromatic heterocycles. The van der Waals surface area contributed by atoms with Gasteiger partial charge in [-0.15, -0.1) is 0 Å². The minimum absolute atomic E-state index is 0.277. The molecule has 2 aliphatic rings. The highest BCUT2D eigenvalue weighted by Gasteiger charge is 2.42. The second-order valence-electron chi connectivity index (χ2n) is 5.22. The quantitative estimate of drug-likeness (QED) is 0.733. The second-order valence-corrected chi connectivity index (χ2v) is 5.22. The Labute approximate surface area is 87.4 Å². The molecule has 1 saturated carbocycles. The third-order valence-corrected chi connectivity index (χ3v) is 3.82. The molecular formula is C12H23NO. The summed E-state index contributed by atoms with van der Waals surface area (Å²) in [5.74, 6) is 0.872. The number of hydrogen-bond acceptors (Lipinski definition) is 2. The van der Waals surface area contributed by atoms with E-state index in [0.717, 1.165) is 12.5 Å². The molecule has 0 aromatic rings. The second kappa shape index (κ2) is 4.19. The first-order chi connectivity index (χ1) is 6.74. The highest BCUT2D eigenvalue weighted by molar-refractivity contribution is 4.93. The van der Waals surface area contributed by atoms with Crippen molar-refractivity contribution in [3.05, 3.63) is 0 Å². The maximum absolute atomic E-state index is 6.24. The van der Waals surface area contributed by atoms with E-state index in [4.69, 9.17) is 4.74 Å². The maximum Gasteiger partial charge on any atom is 0.0707 e. The van der Waals surface area contributed by atoms with Gasteiger partial charge in [0.1, 0.15) is 0 Å². The SMILES string of the molecule is CNCC1CCC2(CCCC(C)C2)O1. The molecule has 3 atom stereocenters. The molecule has 0 aromatic carbocycles. The van der Waals surface area contributed by atoms with E-state index >= 15 is 0 Å². The van der Waals surface area contributed by atoms with Crippen molar-refractivity contribution in [2.45, 2.75) is 57.2 Å². The third kappa shape index (κ3) is 2.12. The average molecular weight is 197 g/mol. The molecule has 2 nitrogen and oxygen atoms in total. The first-order valence-corrected chi connectivity index (χ1v) is 6.06. The normalized spacial score (nSPS) is 43.3. The van der Waals surface area contributed by atoms with Crippen LogP contribution in [-0.2, 0) is 4.74 Å². The lowest BCUT2D eigenvalue weighted by atomic mass is 9.77. The van der Waals surface area contributed by atoms with E-state index in [-0.39, 0.29) is 5.60 Å². The Kier molecular flexibility index (Phi) is 3.13. The predicted molar refractivity (Wildman–Crippen MR) is 58.4 cm³/mol. The van der Waals surface area contributed by atoms with Crippen molar-refractivity contribution in [3.63, 3.8) is 0 Å². The zero-order chi connectivity index (χ0) is 10.0. The van der Waals surface area contributed by atoms with Crippen LogP contribution in [0, 0.1) is 5.92 Å². The van der Waals surface area contributed by atoms with Crippen LogP contribution >= 0.6 is 0 Å². The lowest BCUT2D eigenvalue weighted by Crippen LogP contribution is -2.36. The van der Waals surface area contributed by atoms with E-state index in [9.17, 15) is 0 Å². The number of likely N-dealkylation sites (N-methyl/N-ethyl adjacent to an activating group) is 1. The standard InChI is InChI=1S/C12H23NO/c1-10-4-3-6-12(8-10)7-5-11(14-12)9-13-2/h10-11,13H,3-9H2,1-2H3. The zero-order valence-corrected chi connectivity index (χ0v) is 9.51. The first-order valence-electron chi connectivity index (χ1n) is 6.06. The molecule has 0 amide bonds. The molecule has 1 saturated heterocycles. The van der Waals surface area contributed by atoms with Crippen molar-refractivity contribution < 1.29 is 4.74 Å². The molecule has 2 heteroatoms. The Balaban J connectivity index is 1.91. The van der Waals surface area contributed by atoms with Crippen molar-refractivity contribution in [3.8, 4) is 0 Å². The average Bonchev–Trinajstić information content (AvgIpc) is 2.49. The number of rotatable bonds is 2. The Morgan fingerprint density at radius 1 is 1.36 bits per heavy atom. The van der Waals surface area contributed by atoms with Gasteiger partial charge in [0.2, 0.25) is 0 Å². The summed E-state index contributed by atoms with van der Waals surface area (Å²) in [5, 5.41) is 3.22. The molecule has 0 radical (unpaired) electrons. The first kappa shape index (κ1) is 10.4. The molecule has 1 N–H and O–H groups in total. The number of ether oxygens (including phenoxy) is 1. The Morgan fingerprint density at radius 2 is 2.21 bits per heavy atom. The Morgan fingerprint density at radius 3 is 2.93 bits per heavy atom. The van der Waals surface area contributed by atoms with Gasteiger partial charge in [0.15, 0.2) is 0 Å². The Bertz CT molecular complexity index is 195. The van der Waals surface area contributed by atoms with Crippen LogP contribution in [0.4, 0.5) is 0 Å². The summed E-state index contributed by atoms with van der Waals surface area (Å²) >= 11 is 0. The zero-order valence-electron chi connectivity index (χ0n) is 9.51. The van der Waals surface area contributed by atoms with Gasteiger partial charge >= 0.3 is 0 Å². The lowest BCUT2D eigenvalue weighted by molar-refractivity contribution is -0.0723. The van der Waals surface area contributed by atoms with Crippen LogP contribution in [-0.4, -0.2) is 25.3 Å². The van der Waals surface area contributed by atoms with Gasteiger partial charge in [0, 0.05) is 6.54 Å². The summed E-state index contributed by atoms with van der Waals surface area (Å²) in [4.78, 5) is 0. The largest absolute Gasteiger partial charge is 0.370 e. The fourth-order valence-corrected chi connectivity index (χ4v) is 3.21. The Hall–Kier alpha value is -0.0800. The van der Waals surface area contributed by atoms with Gasteiger partial charge in [-0.05, 0) is 38.6 Å². The number of hydrogen-bond donors (Lipinski definition) is 1. The van der Waals surface area contributed by atoms with Crippen LogP contribution in [0.2, 0.25) is 0 Å². The van der Waals surface area contributed by atoms with E-state index in [2.05, 4.69) is 12.2 Å². The van der Waals surface area contributed by atoms with E-state index < -0.39 is 0 Å². The van der Waals surface area contributed by atoms with Crippen molar-refractivity contribution in [1.82, 2.24) is 5.32 Å². The molecule has 14 heavy (non-hydrogen) atoms. The van der Waals surface area contributed by atoms with Crippen molar-refractivity contribution in [1.29, 1.82) is 0 Å². The summed E-state index contributed by atoms with van der Waals surface area (Å²) < 4.78 is 6.24. The smallest absolute Gasteiger partial charge is 0.0707 e. The van der Waals surface area contributed by atoms with Gasteiger partial charge in [-0.3, -0.25) is 0 Å². The van der Waals surface area contributed by atoms with Crippen molar-refractivity contribution in [2.24, 2.45) is 5.92 Å². The van der Waals surface area contributed by atoms with Crippen LogP contribution in [0.25, 0.3) is 0 Å². The predicted octanol–water partition coefficient (Wildman–Crippen LogP) is 2.33. The monoisotopic (exact) mass is 197 g/mol. The van der Waals surface area contributed by atoms with Crippen LogP contribution in [0.5, 0.6) is 0 Å². The highest BCUT2D eigenvalue weighted by Crippen LogP contribution is 2.43. The minimum atomic E-state index is 0.277. The summed E-state index contributed by atoms with van der Waals surface area (Å²) in [7, 11) is 2.01. The molecule has 2 fully saturated rings. The number of nitrogens with one attached hydrogen (secondary N) is 1. The molecule has 1 aliphatic carbocycles. The summed E-state index contributed by atoms with van der Waals surface area (Å²) in [6.07, 6.45) is 8.40. The minimum Gasteiger partial charge on any atom is -0.370 e. The molecule has 1 aliphatic heterocycles. The van der Waals surface area contributed by atoms with E-state index in [1.165, 1.54) is 38.5 Å². The lowest BCUT2D eigenvalue weighted by Gasteiger charge is -2.36. The molecule has 1 heterocycles. The van der Waals surface area contributed by atoms with Crippen molar-refractivity contribution in [2.75, 3.05) is 13.6 Å². The molecule has 82 valence electrons. The molecule has 1 spiro atoms. The topological polar surface area (TPSA) is 21.3 Å². The van der Waals surface area contributed by atoms with E-state index in [1.54, 1.807) is 0 Å². The van der Waals surface area contributed by atoms with Gasteiger partial charge in [-0.25, -0.2) is 0 Å². The van der Waals surface area contributed by atoms with Gasteiger partial charge < -0.3 is 10.1 Å². The fraction of sp³-hybridized carbons (Fsp3) is 1.00. The molecular weight excluding hydrogens is 174 g/mol. The molecule has 0 bridgehead atoms. The van der Waals surface area contributed by atoms with Gasteiger partial charge in [0.25, 0.3) is 0 Å². The van der Waals surface area contributed by atoms with Crippen LogP contribution in [0.3, 0.4) is 0 Å². The van der Waals surface area contributed by atoms with E-state index in [0.29, 0.717) is 6.10 Å².